The largest absolute Gasteiger partial charge is 0.369 e. The molecule has 0 aromatic carbocycles. The lowest BCUT2D eigenvalue weighted by atomic mass is 9.81. The van der Waals surface area contributed by atoms with Gasteiger partial charge in [-0.05, 0) is 40.7 Å². The lowest BCUT2D eigenvalue weighted by Gasteiger charge is -2.32. The molecule has 0 aliphatic carbocycles. The van der Waals surface area contributed by atoms with Crippen LogP contribution in [0.3, 0.4) is 0 Å². The lowest BCUT2D eigenvalue weighted by molar-refractivity contribution is -0.0780. The number of rotatable bonds is 4. The molecule has 0 spiro atoms. The fourth-order valence-electron chi connectivity index (χ4n) is 3.14. The van der Waals surface area contributed by atoms with E-state index in [1.807, 2.05) is 0 Å². The van der Waals surface area contributed by atoms with Gasteiger partial charge in [-0.15, -0.1) is 0 Å². The molecule has 18 heavy (non-hydrogen) atoms. The predicted octanol–water partition coefficient (Wildman–Crippen LogP) is 2.05. The third kappa shape index (κ3) is 2.57. The molecular formula is C13H24N4O. The maximum atomic E-state index is 6.17. The third-order valence-corrected chi connectivity index (χ3v) is 3.70. The number of nitrogens with one attached hydrogen (secondary N) is 2. The van der Waals surface area contributed by atoms with Crippen molar-refractivity contribution in [3.8, 4) is 0 Å². The fraction of sp³-hybridized carbons (Fsp3) is 0.846. The number of aromatic amines is 1. The Morgan fingerprint density at radius 2 is 2.22 bits per heavy atom. The van der Waals surface area contributed by atoms with Crippen molar-refractivity contribution in [1.29, 1.82) is 0 Å². The predicted molar refractivity (Wildman–Crippen MR) is 70.2 cm³/mol. The summed E-state index contributed by atoms with van der Waals surface area (Å²) in [5, 5.41) is 10.5. The van der Waals surface area contributed by atoms with Gasteiger partial charge in [0.25, 0.3) is 0 Å². The first-order chi connectivity index (χ1) is 8.36. The van der Waals surface area contributed by atoms with Gasteiger partial charge in [-0.2, -0.15) is 5.10 Å². The van der Waals surface area contributed by atoms with Gasteiger partial charge in [0.1, 0.15) is 12.2 Å². The van der Waals surface area contributed by atoms with E-state index in [1.54, 1.807) is 6.33 Å². The lowest BCUT2D eigenvalue weighted by Crippen LogP contribution is -2.39. The van der Waals surface area contributed by atoms with Crippen molar-refractivity contribution in [1.82, 2.24) is 20.5 Å². The molecule has 2 rings (SSSR count). The number of hydrogen-bond acceptors (Lipinski definition) is 4. The summed E-state index contributed by atoms with van der Waals surface area (Å²) >= 11 is 0. The van der Waals surface area contributed by atoms with Gasteiger partial charge in [0.2, 0.25) is 0 Å². The average Bonchev–Trinajstić information content (AvgIpc) is 2.80. The van der Waals surface area contributed by atoms with E-state index in [9.17, 15) is 0 Å². The molecule has 1 aromatic heterocycles. The van der Waals surface area contributed by atoms with E-state index < -0.39 is 0 Å². The second-order valence-electron chi connectivity index (χ2n) is 6.18. The van der Waals surface area contributed by atoms with E-state index in [-0.39, 0.29) is 17.2 Å². The summed E-state index contributed by atoms with van der Waals surface area (Å²) in [4.78, 5) is 4.31. The molecule has 2 atom stereocenters. The third-order valence-electron chi connectivity index (χ3n) is 3.70. The number of aromatic nitrogens is 3. The Hall–Kier alpha value is -0.940. The molecule has 1 aliphatic heterocycles. The Morgan fingerprint density at radius 1 is 1.50 bits per heavy atom. The first kappa shape index (κ1) is 13.5. The molecule has 1 aromatic rings. The molecule has 5 heteroatoms. The zero-order chi connectivity index (χ0) is 13.4. The Balaban J connectivity index is 2.26. The van der Waals surface area contributed by atoms with Crippen LogP contribution >= 0.6 is 0 Å². The van der Waals surface area contributed by atoms with E-state index in [0.29, 0.717) is 5.92 Å². The van der Waals surface area contributed by atoms with E-state index >= 15 is 0 Å². The minimum Gasteiger partial charge on any atom is -0.369 e. The molecule has 0 saturated carbocycles. The summed E-state index contributed by atoms with van der Waals surface area (Å²) in [5.74, 6) is 1.27. The number of hydrogen-bond donors (Lipinski definition) is 2. The summed E-state index contributed by atoms with van der Waals surface area (Å²) in [5.41, 5.74) is -0.245. The van der Waals surface area contributed by atoms with E-state index in [1.165, 1.54) is 0 Å². The fourth-order valence-corrected chi connectivity index (χ4v) is 3.14. The highest BCUT2D eigenvalue weighted by Crippen LogP contribution is 2.47. The number of nitrogens with zero attached hydrogens (tertiary/aromatic N) is 2. The van der Waals surface area contributed by atoms with Crippen LogP contribution in [0.25, 0.3) is 0 Å². The van der Waals surface area contributed by atoms with Crippen LogP contribution in [0.5, 0.6) is 0 Å². The van der Waals surface area contributed by atoms with Gasteiger partial charge in [0.05, 0.1) is 17.2 Å². The summed E-state index contributed by atoms with van der Waals surface area (Å²) in [7, 11) is 0. The Labute approximate surface area is 109 Å². The van der Waals surface area contributed by atoms with Gasteiger partial charge in [-0.25, -0.2) is 4.98 Å². The maximum absolute atomic E-state index is 6.17. The highest BCUT2D eigenvalue weighted by atomic mass is 16.5. The van der Waals surface area contributed by atoms with Gasteiger partial charge in [0, 0.05) is 5.92 Å². The molecule has 0 amide bonds. The van der Waals surface area contributed by atoms with Crippen molar-refractivity contribution in [3.05, 3.63) is 12.2 Å². The number of H-pyrrole nitrogens is 1. The van der Waals surface area contributed by atoms with Gasteiger partial charge in [-0.1, -0.05) is 6.92 Å². The maximum Gasteiger partial charge on any atom is 0.141 e. The van der Waals surface area contributed by atoms with Crippen molar-refractivity contribution in [3.63, 3.8) is 0 Å². The normalized spacial score (nSPS) is 27.3. The van der Waals surface area contributed by atoms with Gasteiger partial charge in [0.15, 0.2) is 0 Å². The van der Waals surface area contributed by atoms with Crippen molar-refractivity contribution in [2.75, 3.05) is 6.54 Å². The topological polar surface area (TPSA) is 62.8 Å². The highest BCUT2D eigenvalue weighted by molar-refractivity contribution is 5.05. The molecule has 5 nitrogen and oxygen atoms in total. The molecular weight excluding hydrogens is 228 g/mol. The van der Waals surface area contributed by atoms with Crippen LogP contribution in [-0.4, -0.2) is 32.9 Å². The summed E-state index contributed by atoms with van der Waals surface area (Å²) in [6, 6.07) is 0.161. The Kier molecular flexibility index (Phi) is 3.47. The van der Waals surface area contributed by atoms with Crippen molar-refractivity contribution >= 4 is 0 Å². The summed E-state index contributed by atoms with van der Waals surface area (Å²) in [6.45, 7) is 11.6. The molecule has 2 N–H and O–H groups in total. The van der Waals surface area contributed by atoms with E-state index in [0.717, 1.165) is 18.8 Å². The van der Waals surface area contributed by atoms with Crippen molar-refractivity contribution in [2.45, 2.75) is 58.3 Å². The van der Waals surface area contributed by atoms with Crippen LogP contribution in [0, 0.1) is 5.92 Å². The zero-order valence-electron chi connectivity index (χ0n) is 11.9. The van der Waals surface area contributed by atoms with Crippen LogP contribution in [0.2, 0.25) is 0 Å². The highest BCUT2D eigenvalue weighted by Gasteiger charge is 2.49. The zero-order valence-corrected chi connectivity index (χ0v) is 11.9. The Morgan fingerprint density at radius 3 is 2.67 bits per heavy atom. The second kappa shape index (κ2) is 4.63. The van der Waals surface area contributed by atoms with Crippen molar-refractivity contribution < 1.29 is 4.74 Å². The van der Waals surface area contributed by atoms with Crippen LogP contribution < -0.4 is 5.32 Å². The molecule has 0 radical (unpaired) electrons. The Bertz CT molecular complexity index is 386. The minimum atomic E-state index is -0.164. The number of ether oxygens (including phenoxy) is 1. The van der Waals surface area contributed by atoms with Crippen LogP contribution in [0.4, 0.5) is 0 Å². The standard InChI is InChI=1S/C13H24N4O/c1-6-14-10(11-15-8-16-17-11)9-7-12(2,3)18-13(9,4)5/h8-10,14H,6-7H2,1-5H3,(H,15,16,17). The summed E-state index contributed by atoms with van der Waals surface area (Å²) < 4.78 is 6.17. The van der Waals surface area contributed by atoms with Crippen molar-refractivity contribution in [2.24, 2.45) is 5.92 Å². The molecule has 2 unspecified atom stereocenters. The molecule has 1 aliphatic rings. The smallest absolute Gasteiger partial charge is 0.141 e. The molecule has 2 heterocycles. The monoisotopic (exact) mass is 252 g/mol. The molecule has 1 saturated heterocycles. The van der Waals surface area contributed by atoms with Gasteiger partial charge >= 0.3 is 0 Å². The minimum absolute atomic E-state index is 0.0815. The van der Waals surface area contributed by atoms with Crippen LogP contribution in [-0.2, 0) is 4.74 Å². The van der Waals surface area contributed by atoms with E-state index in [4.69, 9.17) is 4.74 Å². The van der Waals surface area contributed by atoms with Gasteiger partial charge in [-0.3, -0.25) is 5.10 Å². The quantitative estimate of drug-likeness (QED) is 0.861. The van der Waals surface area contributed by atoms with Crippen LogP contribution in [0.15, 0.2) is 6.33 Å². The second-order valence-corrected chi connectivity index (χ2v) is 6.18. The summed E-state index contributed by atoms with van der Waals surface area (Å²) in [6.07, 6.45) is 2.58. The van der Waals surface area contributed by atoms with Crippen LogP contribution in [0.1, 0.15) is 52.9 Å². The SMILES string of the molecule is CCNC(c1ncn[nH]1)C1CC(C)(C)OC1(C)C. The molecule has 1 fully saturated rings. The average molecular weight is 252 g/mol. The van der Waals surface area contributed by atoms with Gasteiger partial charge < -0.3 is 10.1 Å². The molecule has 102 valence electrons. The van der Waals surface area contributed by atoms with E-state index in [2.05, 4.69) is 55.1 Å². The molecule has 0 bridgehead atoms. The first-order valence-electron chi connectivity index (χ1n) is 6.64. The first-order valence-corrected chi connectivity index (χ1v) is 6.64.